The van der Waals surface area contributed by atoms with Gasteiger partial charge in [0.05, 0.1) is 34.7 Å². The van der Waals surface area contributed by atoms with Crippen molar-refractivity contribution in [3.05, 3.63) is 59.4 Å². The SMILES string of the molecule is Cc1nc2c(cc1C#N)CCCC2Nc1ccc2[nH]nc(-c3cnco3)c2c1. The molecule has 2 N–H and O–H groups in total. The molecule has 138 valence electrons. The van der Waals surface area contributed by atoms with Crippen molar-refractivity contribution >= 4 is 16.6 Å². The fourth-order valence-electron chi connectivity index (χ4n) is 3.88. The summed E-state index contributed by atoms with van der Waals surface area (Å²) in [6, 6.07) is 10.5. The summed E-state index contributed by atoms with van der Waals surface area (Å²) < 4.78 is 5.41. The molecule has 1 aromatic carbocycles. The zero-order valence-electron chi connectivity index (χ0n) is 15.4. The van der Waals surface area contributed by atoms with Gasteiger partial charge in [0, 0.05) is 11.1 Å². The zero-order chi connectivity index (χ0) is 19.1. The van der Waals surface area contributed by atoms with E-state index in [4.69, 9.17) is 9.40 Å². The van der Waals surface area contributed by atoms with Crippen molar-refractivity contribution in [3.8, 4) is 17.5 Å². The second-order valence-corrected chi connectivity index (χ2v) is 7.06. The average Bonchev–Trinajstić information content (AvgIpc) is 3.37. The number of hydrogen-bond acceptors (Lipinski definition) is 6. The molecule has 4 aromatic rings. The van der Waals surface area contributed by atoms with Gasteiger partial charge in [0.25, 0.3) is 0 Å². The summed E-state index contributed by atoms with van der Waals surface area (Å²) in [5, 5.41) is 21.3. The van der Waals surface area contributed by atoms with Crippen molar-refractivity contribution in [2.45, 2.75) is 32.2 Å². The second kappa shape index (κ2) is 6.50. The Labute approximate surface area is 161 Å². The lowest BCUT2D eigenvalue weighted by atomic mass is 9.90. The number of nitriles is 1. The third kappa shape index (κ3) is 2.70. The fourth-order valence-corrected chi connectivity index (χ4v) is 3.88. The Bertz CT molecular complexity index is 1200. The van der Waals surface area contributed by atoms with Gasteiger partial charge in [-0.2, -0.15) is 10.4 Å². The molecule has 0 amide bonds. The van der Waals surface area contributed by atoms with Crippen molar-refractivity contribution in [1.82, 2.24) is 20.2 Å². The smallest absolute Gasteiger partial charge is 0.181 e. The summed E-state index contributed by atoms with van der Waals surface area (Å²) in [6.07, 6.45) is 6.10. The monoisotopic (exact) mass is 370 g/mol. The topological polar surface area (TPSA) is 103 Å². The number of fused-ring (bicyclic) bond motifs is 2. The largest absolute Gasteiger partial charge is 0.442 e. The summed E-state index contributed by atoms with van der Waals surface area (Å²) >= 11 is 0. The minimum absolute atomic E-state index is 0.119. The van der Waals surface area contributed by atoms with Gasteiger partial charge in [-0.25, -0.2) is 4.98 Å². The van der Waals surface area contributed by atoms with Crippen LogP contribution in [0.25, 0.3) is 22.4 Å². The van der Waals surface area contributed by atoms with Gasteiger partial charge in [-0.1, -0.05) is 0 Å². The first-order chi connectivity index (χ1) is 13.7. The molecular formula is C21H18N6O. The fraction of sp³-hybridized carbons (Fsp3) is 0.238. The van der Waals surface area contributed by atoms with Gasteiger partial charge in [-0.05, 0) is 56.0 Å². The minimum Gasteiger partial charge on any atom is -0.442 e. The molecule has 0 aliphatic heterocycles. The number of pyridine rings is 1. The van der Waals surface area contributed by atoms with Crippen LogP contribution >= 0.6 is 0 Å². The van der Waals surface area contributed by atoms with E-state index in [2.05, 4.69) is 32.6 Å². The number of benzene rings is 1. The van der Waals surface area contributed by atoms with E-state index in [0.29, 0.717) is 11.3 Å². The van der Waals surface area contributed by atoms with Crippen LogP contribution in [0.1, 0.15) is 41.4 Å². The maximum absolute atomic E-state index is 9.28. The van der Waals surface area contributed by atoms with Crippen LogP contribution in [-0.2, 0) is 6.42 Å². The van der Waals surface area contributed by atoms with Gasteiger partial charge in [0.2, 0.25) is 0 Å². The summed E-state index contributed by atoms with van der Waals surface area (Å²) in [5.74, 6) is 0.632. The highest BCUT2D eigenvalue weighted by atomic mass is 16.3. The van der Waals surface area contributed by atoms with Gasteiger partial charge in [-0.15, -0.1) is 0 Å². The second-order valence-electron chi connectivity index (χ2n) is 7.06. The summed E-state index contributed by atoms with van der Waals surface area (Å²) in [7, 11) is 0. The minimum atomic E-state index is 0.119. The quantitative estimate of drug-likeness (QED) is 0.558. The molecule has 7 heteroatoms. The molecule has 3 heterocycles. The van der Waals surface area contributed by atoms with Crippen molar-refractivity contribution in [2.24, 2.45) is 0 Å². The number of nitrogens with zero attached hydrogens (tertiary/aromatic N) is 4. The van der Waals surface area contributed by atoms with E-state index in [-0.39, 0.29) is 6.04 Å². The number of H-pyrrole nitrogens is 1. The molecule has 5 rings (SSSR count). The lowest BCUT2D eigenvalue weighted by Gasteiger charge is -2.27. The molecule has 0 radical (unpaired) electrons. The van der Waals surface area contributed by atoms with E-state index in [9.17, 15) is 5.26 Å². The maximum atomic E-state index is 9.28. The normalized spacial score (nSPS) is 15.9. The highest BCUT2D eigenvalue weighted by Gasteiger charge is 2.23. The number of aromatic amines is 1. The lowest BCUT2D eigenvalue weighted by molar-refractivity contribution is 0.570. The molecule has 1 aliphatic rings. The Hall–Kier alpha value is -3.66. The predicted octanol–water partition coefficient (Wildman–Crippen LogP) is 4.28. The molecule has 28 heavy (non-hydrogen) atoms. The molecule has 1 aliphatic carbocycles. The molecular weight excluding hydrogens is 352 g/mol. The molecule has 0 spiro atoms. The van der Waals surface area contributed by atoms with E-state index >= 15 is 0 Å². The third-order valence-corrected chi connectivity index (χ3v) is 5.28. The van der Waals surface area contributed by atoms with Crippen molar-refractivity contribution < 1.29 is 4.42 Å². The maximum Gasteiger partial charge on any atom is 0.181 e. The number of oxazole rings is 1. The molecule has 1 unspecified atom stereocenters. The van der Waals surface area contributed by atoms with Crippen LogP contribution in [0.15, 0.2) is 41.3 Å². The van der Waals surface area contributed by atoms with Crippen molar-refractivity contribution in [2.75, 3.05) is 5.32 Å². The Morgan fingerprint density at radius 3 is 3.07 bits per heavy atom. The zero-order valence-corrected chi connectivity index (χ0v) is 15.4. The number of nitrogens with one attached hydrogen (secondary N) is 2. The third-order valence-electron chi connectivity index (χ3n) is 5.28. The summed E-state index contributed by atoms with van der Waals surface area (Å²) in [4.78, 5) is 8.73. The van der Waals surface area contributed by atoms with Crippen LogP contribution in [0.4, 0.5) is 5.69 Å². The van der Waals surface area contributed by atoms with E-state index in [0.717, 1.165) is 58.5 Å². The van der Waals surface area contributed by atoms with Crippen LogP contribution in [0.3, 0.4) is 0 Å². The van der Waals surface area contributed by atoms with Crippen LogP contribution in [0, 0.1) is 18.3 Å². The molecule has 7 nitrogen and oxygen atoms in total. The van der Waals surface area contributed by atoms with Crippen molar-refractivity contribution in [3.63, 3.8) is 0 Å². The number of aryl methyl sites for hydroxylation is 2. The van der Waals surface area contributed by atoms with Crippen LogP contribution in [0.5, 0.6) is 0 Å². The van der Waals surface area contributed by atoms with Gasteiger partial charge < -0.3 is 9.73 Å². The van der Waals surface area contributed by atoms with E-state index < -0.39 is 0 Å². The highest BCUT2D eigenvalue weighted by molar-refractivity contribution is 5.93. The lowest BCUT2D eigenvalue weighted by Crippen LogP contribution is -2.20. The van der Waals surface area contributed by atoms with Gasteiger partial charge in [0.15, 0.2) is 12.2 Å². The van der Waals surface area contributed by atoms with Gasteiger partial charge in [0.1, 0.15) is 11.8 Å². The van der Waals surface area contributed by atoms with Gasteiger partial charge >= 0.3 is 0 Å². The van der Waals surface area contributed by atoms with Crippen LogP contribution < -0.4 is 5.32 Å². The first-order valence-electron chi connectivity index (χ1n) is 9.27. The highest BCUT2D eigenvalue weighted by Crippen LogP contribution is 2.34. The van der Waals surface area contributed by atoms with Crippen LogP contribution in [0.2, 0.25) is 0 Å². The number of aromatic nitrogens is 4. The first-order valence-corrected chi connectivity index (χ1v) is 9.27. The molecule has 0 saturated carbocycles. The van der Waals surface area contributed by atoms with E-state index in [1.54, 1.807) is 6.20 Å². The first kappa shape index (κ1) is 16.5. The number of rotatable bonds is 3. The number of anilines is 1. The number of hydrogen-bond donors (Lipinski definition) is 2. The molecule has 0 saturated heterocycles. The molecule has 0 fully saturated rings. The molecule has 0 bridgehead atoms. The van der Waals surface area contributed by atoms with Gasteiger partial charge in [-0.3, -0.25) is 10.1 Å². The van der Waals surface area contributed by atoms with E-state index in [1.807, 2.05) is 25.1 Å². The Kier molecular flexibility index (Phi) is 3.83. The Morgan fingerprint density at radius 2 is 2.25 bits per heavy atom. The molecule has 3 aromatic heterocycles. The Balaban J connectivity index is 1.51. The van der Waals surface area contributed by atoms with Crippen LogP contribution in [-0.4, -0.2) is 20.2 Å². The predicted molar refractivity (Wildman–Crippen MR) is 105 cm³/mol. The Morgan fingerprint density at radius 1 is 1.32 bits per heavy atom. The molecule has 1 atom stereocenters. The van der Waals surface area contributed by atoms with E-state index in [1.165, 1.54) is 6.39 Å². The summed E-state index contributed by atoms with van der Waals surface area (Å²) in [6.45, 7) is 1.89. The standard InChI is InChI=1S/C21H18N6O/c1-12-14(9-22)7-13-3-2-4-18(20(13)24-12)25-15-5-6-17-16(8-15)21(27-26-17)19-10-23-11-28-19/h5-8,10-11,18,25H,2-4H2,1H3,(H,26,27). The van der Waals surface area contributed by atoms with Crippen molar-refractivity contribution in [1.29, 1.82) is 5.26 Å². The average molecular weight is 370 g/mol. The summed E-state index contributed by atoms with van der Waals surface area (Å²) in [5.41, 5.74) is 6.34.